The lowest BCUT2D eigenvalue weighted by atomic mass is 10.1. The Bertz CT molecular complexity index is 1140. The number of hydrogen-bond donors (Lipinski definition) is 1. The summed E-state index contributed by atoms with van der Waals surface area (Å²) >= 11 is 6.36. The zero-order valence-electron chi connectivity index (χ0n) is 16.3. The summed E-state index contributed by atoms with van der Waals surface area (Å²) in [6.07, 6.45) is 1.52. The third-order valence-electron chi connectivity index (χ3n) is 4.65. The van der Waals surface area contributed by atoms with Crippen molar-refractivity contribution in [3.05, 3.63) is 100 Å². The van der Waals surface area contributed by atoms with Crippen LogP contribution in [-0.2, 0) is 16.2 Å². The first-order valence-electron chi connectivity index (χ1n) is 9.41. The summed E-state index contributed by atoms with van der Waals surface area (Å²) < 4.78 is 5.81. The number of amides is 2. The van der Waals surface area contributed by atoms with Crippen LogP contribution in [0.4, 0.5) is 5.69 Å². The molecule has 1 saturated heterocycles. The van der Waals surface area contributed by atoms with Gasteiger partial charge < -0.3 is 4.74 Å². The highest BCUT2D eigenvalue weighted by atomic mass is 35.5. The molecule has 0 atom stereocenters. The minimum absolute atomic E-state index is 0.0448. The molecule has 1 heterocycles. The fraction of sp³-hybridized carbons (Fsp3) is 0.0833. The Hall–Kier alpha value is -3.57. The minimum atomic E-state index is -0.459. The van der Waals surface area contributed by atoms with E-state index in [1.807, 2.05) is 31.2 Å². The molecule has 4 rings (SSSR count). The predicted octanol–water partition coefficient (Wildman–Crippen LogP) is 4.69. The topological polar surface area (TPSA) is 58.6 Å². The third-order valence-corrected chi connectivity index (χ3v) is 4.94. The first-order chi connectivity index (χ1) is 14.5. The lowest BCUT2D eigenvalue weighted by molar-refractivity contribution is -0.117. The highest BCUT2D eigenvalue weighted by molar-refractivity contribution is 6.33. The maximum absolute atomic E-state index is 12.7. The Balaban J connectivity index is 1.50. The molecule has 1 fully saturated rings. The van der Waals surface area contributed by atoms with Crippen LogP contribution in [0, 0.1) is 6.92 Å². The highest BCUT2D eigenvalue weighted by Crippen LogP contribution is 2.28. The lowest BCUT2D eigenvalue weighted by Gasteiger charge is -2.13. The van der Waals surface area contributed by atoms with E-state index >= 15 is 0 Å². The van der Waals surface area contributed by atoms with Gasteiger partial charge in [0.25, 0.3) is 11.8 Å². The van der Waals surface area contributed by atoms with Crippen LogP contribution < -0.4 is 15.2 Å². The Morgan fingerprint density at radius 3 is 2.53 bits per heavy atom. The van der Waals surface area contributed by atoms with Crippen molar-refractivity contribution in [3.8, 4) is 5.75 Å². The second kappa shape index (κ2) is 8.43. The molecular weight excluding hydrogens is 400 g/mol. The van der Waals surface area contributed by atoms with Gasteiger partial charge in [-0.1, -0.05) is 65.7 Å². The molecule has 3 aromatic rings. The summed E-state index contributed by atoms with van der Waals surface area (Å²) in [4.78, 5) is 25.0. The molecule has 0 radical (unpaired) electrons. The van der Waals surface area contributed by atoms with Crippen molar-refractivity contribution < 1.29 is 14.3 Å². The normalized spacial score (nSPS) is 14.9. The minimum Gasteiger partial charge on any atom is -0.487 e. The van der Waals surface area contributed by atoms with E-state index in [1.165, 1.54) is 11.1 Å². The van der Waals surface area contributed by atoms with E-state index in [1.54, 1.807) is 42.5 Å². The molecule has 1 N–H and O–H groups in total. The number of carbonyl (C=O) groups is 2. The van der Waals surface area contributed by atoms with Crippen molar-refractivity contribution in [2.75, 3.05) is 5.01 Å². The quantitative estimate of drug-likeness (QED) is 0.483. The summed E-state index contributed by atoms with van der Waals surface area (Å²) in [6, 6.07) is 22.1. The van der Waals surface area contributed by atoms with Crippen LogP contribution in [0.1, 0.15) is 16.7 Å². The number of hydrogen-bond acceptors (Lipinski definition) is 3. The van der Waals surface area contributed by atoms with Crippen LogP contribution >= 0.6 is 11.6 Å². The fourth-order valence-corrected chi connectivity index (χ4v) is 3.41. The standard InChI is InChI=1S/C24H19ClN2O3/c1-16-6-5-7-18(12-16)15-30-22-11-10-17(14-21(22)25)13-20-23(28)26-27(24(20)29)19-8-3-2-4-9-19/h2-14H,15H2,1H3,(H,26,28). The smallest absolute Gasteiger partial charge is 0.282 e. The highest BCUT2D eigenvalue weighted by Gasteiger charge is 2.34. The van der Waals surface area contributed by atoms with Gasteiger partial charge in [0.2, 0.25) is 0 Å². The van der Waals surface area contributed by atoms with Crippen molar-refractivity contribution in [1.29, 1.82) is 0 Å². The number of nitrogens with zero attached hydrogens (tertiary/aromatic N) is 1. The number of carbonyl (C=O) groups excluding carboxylic acids is 2. The van der Waals surface area contributed by atoms with Gasteiger partial charge in [-0.05, 0) is 48.4 Å². The number of aryl methyl sites for hydroxylation is 1. The zero-order chi connectivity index (χ0) is 21.1. The maximum Gasteiger partial charge on any atom is 0.282 e. The molecule has 30 heavy (non-hydrogen) atoms. The van der Waals surface area contributed by atoms with E-state index in [-0.39, 0.29) is 5.57 Å². The monoisotopic (exact) mass is 418 g/mol. The molecular formula is C24H19ClN2O3. The summed E-state index contributed by atoms with van der Waals surface area (Å²) in [7, 11) is 0. The van der Waals surface area contributed by atoms with Crippen molar-refractivity contribution in [2.24, 2.45) is 0 Å². The fourth-order valence-electron chi connectivity index (χ4n) is 3.17. The van der Waals surface area contributed by atoms with Gasteiger partial charge >= 0.3 is 0 Å². The van der Waals surface area contributed by atoms with Crippen LogP contribution in [0.25, 0.3) is 6.08 Å². The van der Waals surface area contributed by atoms with Crippen LogP contribution in [0.5, 0.6) is 5.75 Å². The van der Waals surface area contributed by atoms with Gasteiger partial charge in [0.15, 0.2) is 0 Å². The van der Waals surface area contributed by atoms with Gasteiger partial charge in [0.1, 0.15) is 17.9 Å². The molecule has 2 amide bonds. The average molecular weight is 419 g/mol. The molecule has 5 nitrogen and oxygen atoms in total. The van der Waals surface area contributed by atoms with Crippen molar-refractivity contribution in [3.63, 3.8) is 0 Å². The summed E-state index contributed by atoms with van der Waals surface area (Å²) in [5, 5.41) is 1.64. The van der Waals surface area contributed by atoms with Gasteiger partial charge in [-0.15, -0.1) is 0 Å². The SMILES string of the molecule is Cc1cccc(COc2ccc(C=C3C(=O)NN(c4ccccc4)C3=O)cc2Cl)c1. The van der Waals surface area contributed by atoms with E-state index in [9.17, 15) is 9.59 Å². The number of halogens is 1. The van der Waals surface area contributed by atoms with Gasteiger partial charge in [-0.3, -0.25) is 15.0 Å². The first-order valence-corrected chi connectivity index (χ1v) is 9.79. The van der Waals surface area contributed by atoms with Gasteiger partial charge in [0.05, 0.1) is 10.7 Å². The van der Waals surface area contributed by atoms with E-state index < -0.39 is 11.8 Å². The second-order valence-corrected chi connectivity index (χ2v) is 7.35. The van der Waals surface area contributed by atoms with Crippen molar-refractivity contribution in [1.82, 2.24) is 5.43 Å². The van der Waals surface area contributed by atoms with Gasteiger partial charge in [-0.2, -0.15) is 0 Å². The largest absolute Gasteiger partial charge is 0.487 e. The number of hydrazine groups is 1. The Morgan fingerprint density at radius 2 is 1.80 bits per heavy atom. The van der Waals surface area contributed by atoms with E-state index in [0.29, 0.717) is 28.6 Å². The molecule has 3 aromatic carbocycles. The van der Waals surface area contributed by atoms with E-state index in [2.05, 4.69) is 11.5 Å². The lowest BCUT2D eigenvalue weighted by Crippen LogP contribution is -2.35. The van der Waals surface area contributed by atoms with Crippen molar-refractivity contribution in [2.45, 2.75) is 13.5 Å². The van der Waals surface area contributed by atoms with Gasteiger partial charge in [0, 0.05) is 0 Å². The summed E-state index contributed by atoms with van der Waals surface area (Å²) in [5.41, 5.74) is 6.06. The van der Waals surface area contributed by atoms with Crippen LogP contribution in [0.15, 0.2) is 78.4 Å². The zero-order valence-corrected chi connectivity index (χ0v) is 17.0. The summed E-state index contributed by atoms with van der Waals surface area (Å²) in [6.45, 7) is 2.42. The Labute approximate surface area is 179 Å². The number of anilines is 1. The molecule has 0 unspecified atom stereocenters. The van der Waals surface area contributed by atoms with Crippen LogP contribution in [-0.4, -0.2) is 11.8 Å². The predicted molar refractivity (Wildman–Crippen MR) is 117 cm³/mol. The molecule has 0 spiro atoms. The number of para-hydroxylation sites is 1. The average Bonchev–Trinajstić information content (AvgIpc) is 3.02. The van der Waals surface area contributed by atoms with Crippen LogP contribution in [0.2, 0.25) is 5.02 Å². The summed E-state index contributed by atoms with van der Waals surface area (Å²) in [5.74, 6) is -0.338. The maximum atomic E-state index is 12.7. The molecule has 0 aromatic heterocycles. The number of benzene rings is 3. The van der Waals surface area contributed by atoms with Crippen molar-refractivity contribution >= 4 is 35.2 Å². The van der Waals surface area contributed by atoms with Crippen LogP contribution in [0.3, 0.4) is 0 Å². The number of rotatable bonds is 5. The molecule has 1 aliphatic heterocycles. The third kappa shape index (κ3) is 4.21. The molecule has 0 aliphatic carbocycles. The van der Waals surface area contributed by atoms with Gasteiger partial charge in [-0.25, -0.2) is 5.01 Å². The molecule has 6 heteroatoms. The molecule has 0 bridgehead atoms. The van der Waals surface area contributed by atoms with E-state index in [4.69, 9.17) is 16.3 Å². The Kier molecular flexibility index (Phi) is 5.55. The second-order valence-electron chi connectivity index (χ2n) is 6.94. The van der Waals surface area contributed by atoms with E-state index in [0.717, 1.165) is 11.1 Å². The first kappa shape index (κ1) is 19.7. The number of nitrogens with one attached hydrogen (secondary N) is 1. The molecule has 150 valence electrons. The molecule has 1 aliphatic rings. The molecule has 0 saturated carbocycles. The number of ether oxygens (including phenoxy) is 1. The Morgan fingerprint density at radius 1 is 1.00 bits per heavy atom.